The van der Waals surface area contributed by atoms with Crippen LogP contribution < -0.4 is 9.62 Å². The summed E-state index contributed by atoms with van der Waals surface area (Å²) in [6, 6.07) is 18.3. The van der Waals surface area contributed by atoms with Gasteiger partial charge in [0.25, 0.3) is 15.9 Å². The normalized spacial score (nSPS) is 11.2. The van der Waals surface area contributed by atoms with Gasteiger partial charge < -0.3 is 5.32 Å². The van der Waals surface area contributed by atoms with E-state index in [1.807, 2.05) is 19.9 Å². The second-order valence-electron chi connectivity index (χ2n) is 6.75. The minimum Gasteiger partial charge on any atom is -0.322 e. The van der Waals surface area contributed by atoms with E-state index in [4.69, 9.17) is 11.6 Å². The van der Waals surface area contributed by atoms with E-state index in [0.717, 1.165) is 11.1 Å². The second-order valence-corrected chi connectivity index (χ2v) is 9.15. The molecule has 0 spiro atoms. The molecule has 0 saturated heterocycles. The predicted molar refractivity (Wildman–Crippen MR) is 117 cm³/mol. The second kappa shape index (κ2) is 8.27. The Labute approximate surface area is 176 Å². The van der Waals surface area contributed by atoms with Crippen molar-refractivity contribution in [1.82, 2.24) is 0 Å². The van der Waals surface area contributed by atoms with Crippen molar-refractivity contribution in [2.24, 2.45) is 0 Å². The van der Waals surface area contributed by atoms with Crippen molar-refractivity contribution in [3.63, 3.8) is 0 Å². The van der Waals surface area contributed by atoms with Gasteiger partial charge in [0, 0.05) is 23.3 Å². The lowest BCUT2D eigenvalue weighted by atomic mass is 10.1. The topological polar surface area (TPSA) is 66.5 Å². The molecule has 3 aromatic carbocycles. The third kappa shape index (κ3) is 4.60. The fourth-order valence-electron chi connectivity index (χ4n) is 2.77. The van der Waals surface area contributed by atoms with Crippen molar-refractivity contribution in [1.29, 1.82) is 0 Å². The van der Waals surface area contributed by atoms with Crippen LogP contribution in [0.25, 0.3) is 0 Å². The van der Waals surface area contributed by atoms with Gasteiger partial charge in [0.15, 0.2) is 0 Å². The summed E-state index contributed by atoms with van der Waals surface area (Å²) < 4.78 is 27.0. The highest BCUT2D eigenvalue weighted by Gasteiger charge is 2.22. The number of hydrogen-bond acceptors (Lipinski definition) is 3. The highest BCUT2D eigenvalue weighted by molar-refractivity contribution is 7.92. The van der Waals surface area contributed by atoms with Gasteiger partial charge in [-0.2, -0.15) is 0 Å². The van der Waals surface area contributed by atoms with E-state index in [2.05, 4.69) is 5.32 Å². The van der Waals surface area contributed by atoms with Crippen LogP contribution >= 0.6 is 11.6 Å². The van der Waals surface area contributed by atoms with Crippen LogP contribution in [0.15, 0.2) is 71.6 Å². The minimum absolute atomic E-state index is 0.190. The molecule has 0 aliphatic heterocycles. The van der Waals surface area contributed by atoms with Crippen LogP contribution in [0.3, 0.4) is 0 Å². The summed E-state index contributed by atoms with van der Waals surface area (Å²) >= 11 is 6.01. The molecule has 5 nitrogen and oxygen atoms in total. The van der Waals surface area contributed by atoms with Gasteiger partial charge in [-0.15, -0.1) is 0 Å². The molecule has 3 rings (SSSR count). The van der Waals surface area contributed by atoms with E-state index in [1.165, 1.54) is 11.4 Å². The van der Waals surface area contributed by atoms with Gasteiger partial charge in [0.2, 0.25) is 0 Å². The maximum atomic E-state index is 12.9. The Hall–Kier alpha value is -2.83. The zero-order valence-corrected chi connectivity index (χ0v) is 17.9. The van der Waals surface area contributed by atoms with Gasteiger partial charge in [0.1, 0.15) is 0 Å². The number of sulfonamides is 1. The molecule has 7 heteroatoms. The molecule has 0 aromatic heterocycles. The van der Waals surface area contributed by atoms with E-state index in [9.17, 15) is 13.2 Å². The van der Waals surface area contributed by atoms with E-state index in [1.54, 1.807) is 60.7 Å². The summed E-state index contributed by atoms with van der Waals surface area (Å²) in [6.45, 7) is 3.76. The standard InChI is InChI=1S/C22H21ClN2O3S/c1-15-7-11-20(12-8-15)29(27,28)25(3)19-6-4-5-17(13-19)22(26)24-21-14-18(23)10-9-16(21)2/h4-14H,1-3H3,(H,24,26). The fourth-order valence-corrected chi connectivity index (χ4v) is 4.13. The number of nitrogens with one attached hydrogen (secondary N) is 1. The molecule has 0 fully saturated rings. The van der Waals surface area contributed by atoms with Crippen LogP contribution in [0.1, 0.15) is 21.5 Å². The Kier molecular flexibility index (Phi) is 5.96. The molecule has 0 aliphatic rings. The predicted octanol–water partition coefficient (Wildman–Crippen LogP) is 5.03. The molecule has 0 heterocycles. The van der Waals surface area contributed by atoms with E-state index in [-0.39, 0.29) is 10.8 Å². The van der Waals surface area contributed by atoms with Crippen LogP contribution in [0.5, 0.6) is 0 Å². The van der Waals surface area contributed by atoms with E-state index >= 15 is 0 Å². The maximum Gasteiger partial charge on any atom is 0.264 e. The summed E-state index contributed by atoms with van der Waals surface area (Å²) in [7, 11) is -2.27. The molecule has 0 radical (unpaired) electrons. The minimum atomic E-state index is -3.74. The van der Waals surface area contributed by atoms with E-state index < -0.39 is 10.0 Å². The van der Waals surface area contributed by atoms with Crippen molar-refractivity contribution in [3.05, 3.63) is 88.4 Å². The third-order valence-electron chi connectivity index (χ3n) is 4.60. The van der Waals surface area contributed by atoms with Crippen molar-refractivity contribution in [3.8, 4) is 0 Å². The van der Waals surface area contributed by atoms with Crippen LogP contribution in [0.4, 0.5) is 11.4 Å². The summed E-state index contributed by atoms with van der Waals surface area (Å²) in [5.41, 5.74) is 3.18. The highest BCUT2D eigenvalue weighted by atomic mass is 35.5. The quantitative estimate of drug-likeness (QED) is 0.619. The Balaban J connectivity index is 1.87. The van der Waals surface area contributed by atoms with Gasteiger partial charge in [-0.1, -0.05) is 41.4 Å². The summed E-state index contributed by atoms with van der Waals surface area (Å²) in [6.07, 6.45) is 0. The first-order valence-electron chi connectivity index (χ1n) is 8.91. The molecule has 150 valence electrons. The Morgan fingerprint density at radius 1 is 0.966 bits per heavy atom. The smallest absolute Gasteiger partial charge is 0.264 e. The average Bonchev–Trinajstić information content (AvgIpc) is 2.70. The molecular formula is C22H21ClN2O3S. The summed E-state index contributed by atoms with van der Waals surface area (Å²) in [4.78, 5) is 12.9. The maximum absolute atomic E-state index is 12.9. The first-order valence-corrected chi connectivity index (χ1v) is 10.7. The number of benzene rings is 3. The number of anilines is 2. The number of carbonyl (C=O) groups is 1. The average molecular weight is 429 g/mol. The zero-order valence-electron chi connectivity index (χ0n) is 16.3. The summed E-state index contributed by atoms with van der Waals surface area (Å²) in [5.74, 6) is -0.349. The largest absolute Gasteiger partial charge is 0.322 e. The Bertz CT molecular complexity index is 1160. The number of hydrogen-bond donors (Lipinski definition) is 1. The van der Waals surface area contributed by atoms with Crippen LogP contribution in [0, 0.1) is 13.8 Å². The van der Waals surface area contributed by atoms with Crippen molar-refractivity contribution in [2.45, 2.75) is 18.7 Å². The Morgan fingerprint density at radius 3 is 2.34 bits per heavy atom. The monoisotopic (exact) mass is 428 g/mol. The van der Waals surface area contributed by atoms with E-state index in [0.29, 0.717) is 22.0 Å². The number of aryl methyl sites for hydroxylation is 2. The number of rotatable bonds is 5. The first kappa shape index (κ1) is 20.9. The van der Waals surface area contributed by atoms with Gasteiger partial charge in [-0.25, -0.2) is 8.42 Å². The first-order chi connectivity index (χ1) is 13.7. The van der Waals surface area contributed by atoms with Gasteiger partial charge in [-0.05, 0) is 61.9 Å². The fraction of sp³-hybridized carbons (Fsp3) is 0.136. The SMILES string of the molecule is Cc1ccc(S(=O)(=O)N(C)c2cccc(C(=O)Nc3cc(Cl)ccc3C)c2)cc1. The molecule has 1 amide bonds. The lowest BCUT2D eigenvalue weighted by molar-refractivity contribution is 0.102. The third-order valence-corrected chi connectivity index (χ3v) is 6.63. The molecule has 0 atom stereocenters. The van der Waals surface area contributed by atoms with Gasteiger partial charge in [-0.3, -0.25) is 9.10 Å². The van der Waals surface area contributed by atoms with Crippen molar-refractivity contribution >= 4 is 38.9 Å². The lowest BCUT2D eigenvalue weighted by Gasteiger charge is -2.20. The molecule has 0 aliphatic carbocycles. The molecule has 0 unspecified atom stereocenters. The summed E-state index contributed by atoms with van der Waals surface area (Å²) in [5, 5.41) is 3.34. The Morgan fingerprint density at radius 2 is 1.66 bits per heavy atom. The molecule has 0 saturated carbocycles. The van der Waals surface area contributed by atoms with Crippen LogP contribution in [0.2, 0.25) is 5.02 Å². The number of nitrogens with zero attached hydrogens (tertiary/aromatic N) is 1. The number of halogens is 1. The molecule has 1 N–H and O–H groups in total. The molecule has 3 aromatic rings. The van der Waals surface area contributed by atoms with Crippen LogP contribution in [-0.4, -0.2) is 21.4 Å². The zero-order chi connectivity index (χ0) is 21.2. The van der Waals surface area contributed by atoms with Crippen LogP contribution in [-0.2, 0) is 10.0 Å². The highest BCUT2D eigenvalue weighted by Crippen LogP contribution is 2.25. The molecule has 29 heavy (non-hydrogen) atoms. The van der Waals surface area contributed by atoms with Crippen molar-refractivity contribution in [2.75, 3.05) is 16.7 Å². The molecular weight excluding hydrogens is 408 g/mol. The van der Waals surface area contributed by atoms with Crippen molar-refractivity contribution < 1.29 is 13.2 Å². The van der Waals surface area contributed by atoms with Gasteiger partial charge >= 0.3 is 0 Å². The number of amides is 1. The number of carbonyl (C=O) groups excluding carboxylic acids is 1. The van der Waals surface area contributed by atoms with Gasteiger partial charge in [0.05, 0.1) is 10.6 Å². The lowest BCUT2D eigenvalue weighted by Crippen LogP contribution is -2.27. The molecule has 0 bridgehead atoms.